The average Bonchev–Trinajstić information content (AvgIpc) is 3.39. The fraction of sp³-hybridized carbons (Fsp3) is 0.478. The number of aliphatic hydroxyl groups excluding tert-OH is 1. The summed E-state index contributed by atoms with van der Waals surface area (Å²) < 4.78 is 63.5. The third kappa shape index (κ3) is 7.66. The van der Waals surface area contributed by atoms with Crippen LogP contribution in [0.4, 0.5) is 26.3 Å². The van der Waals surface area contributed by atoms with Gasteiger partial charge >= 0.3 is 24.3 Å². The molecule has 206 valence electrons. The first-order valence-electron chi connectivity index (χ1n) is 10.9. The van der Waals surface area contributed by atoms with Crippen molar-refractivity contribution in [2.45, 2.75) is 49.3 Å². The van der Waals surface area contributed by atoms with Crippen molar-refractivity contribution < 1.29 is 51.3 Å². The van der Waals surface area contributed by atoms with Gasteiger partial charge in [0.2, 0.25) is 0 Å². The Hall–Kier alpha value is -2.68. The number of likely N-dealkylation sites (N-methyl/N-ethyl adjacent to an activating group) is 1. The summed E-state index contributed by atoms with van der Waals surface area (Å²) in [6.07, 6.45) is -8.45. The highest BCUT2D eigenvalue weighted by atomic mass is 32.1. The second kappa shape index (κ2) is 12.2. The first-order chi connectivity index (χ1) is 17.1. The normalized spacial score (nSPS) is 20.4. The van der Waals surface area contributed by atoms with Crippen LogP contribution in [0.15, 0.2) is 41.1 Å². The first kappa shape index (κ1) is 30.5. The Balaban J connectivity index is 0.000000286. The molecule has 37 heavy (non-hydrogen) atoms. The number of rotatable bonds is 3. The molecule has 2 aliphatic rings. The monoisotopic (exact) mass is 556 g/mol. The molecule has 2 heterocycles. The number of hydrogen-bond acceptors (Lipinski definition) is 6. The van der Waals surface area contributed by atoms with Gasteiger partial charge in [-0.3, -0.25) is 4.90 Å². The number of aliphatic hydroxyl groups is 1. The van der Waals surface area contributed by atoms with Crippen LogP contribution >= 0.6 is 11.3 Å². The van der Waals surface area contributed by atoms with Crippen LogP contribution in [0.2, 0.25) is 0 Å². The summed E-state index contributed by atoms with van der Waals surface area (Å²) in [6.45, 7) is 2.87. The summed E-state index contributed by atoms with van der Waals surface area (Å²) in [4.78, 5) is 20.1. The highest BCUT2D eigenvalue weighted by Gasteiger charge is 2.52. The molecule has 1 aromatic heterocycles. The van der Waals surface area contributed by atoms with E-state index in [-0.39, 0.29) is 17.6 Å². The zero-order chi connectivity index (χ0) is 28.0. The van der Waals surface area contributed by atoms with E-state index < -0.39 is 24.3 Å². The Morgan fingerprint density at radius 3 is 2.00 bits per heavy atom. The van der Waals surface area contributed by atoms with Gasteiger partial charge in [0.25, 0.3) is 0 Å². The van der Waals surface area contributed by atoms with Crippen molar-refractivity contribution in [3.63, 3.8) is 0 Å². The number of nitrogens with one attached hydrogen (secondary N) is 1. The number of benzene rings is 1. The van der Waals surface area contributed by atoms with E-state index in [0.29, 0.717) is 0 Å². The smallest absolute Gasteiger partial charge is 0.475 e. The molecule has 1 aromatic carbocycles. The largest absolute Gasteiger partial charge is 0.490 e. The number of aliphatic carboxylic acids is 2. The van der Waals surface area contributed by atoms with Gasteiger partial charge in [-0.15, -0.1) is 0 Å². The van der Waals surface area contributed by atoms with E-state index in [1.54, 1.807) is 11.3 Å². The van der Waals surface area contributed by atoms with Gasteiger partial charge in [-0.05, 0) is 66.5 Å². The molecule has 2 atom stereocenters. The number of carbonyl (C=O) groups is 2. The zero-order valence-corrected chi connectivity index (χ0v) is 20.3. The number of hydrogen-bond donors (Lipinski definition) is 4. The molecule has 0 unspecified atom stereocenters. The van der Waals surface area contributed by atoms with Crippen LogP contribution in [0, 0.1) is 0 Å². The molecule has 1 aliphatic carbocycles. The molecule has 1 spiro atoms. The molecule has 2 aromatic rings. The predicted octanol–water partition coefficient (Wildman–Crippen LogP) is 4.18. The Morgan fingerprint density at radius 1 is 1.03 bits per heavy atom. The minimum absolute atomic E-state index is 0.0740. The number of fused-ring (bicyclic) bond motifs is 2. The van der Waals surface area contributed by atoms with E-state index in [1.165, 1.54) is 16.7 Å². The quantitative estimate of drug-likeness (QED) is 0.420. The topological polar surface area (TPSA) is 110 Å². The average molecular weight is 557 g/mol. The van der Waals surface area contributed by atoms with Crippen molar-refractivity contribution in [1.29, 1.82) is 0 Å². The summed E-state index contributed by atoms with van der Waals surface area (Å²) in [7, 11) is 2.14. The standard InChI is InChI=1S/C19H24N2OS.2C2HF3O2/c1-21(12-14-6-11-23-13-14)17-15-4-2-3-5-16(15)19(18(17)22)7-9-20-10-8-19;2*3-2(4,5)1(6)7/h2-6,11,13,17-18,20,22H,7-10,12H2,1H3;2*(H,6,7)/t17-,18+;;/m1../s1. The summed E-state index contributed by atoms with van der Waals surface area (Å²) in [5, 5.41) is 33.3. The minimum Gasteiger partial charge on any atom is -0.475 e. The number of alkyl halides is 6. The van der Waals surface area contributed by atoms with Crippen LogP contribution in [0.5, 0.6) is 0 Å². The number of piperidine rings is 1. The summed E-state index contributed by atoms with van der Waals surface area (Å²) in [6, 6.07) is 10.9. The van der Waals surface area contributed by atoms with Gasteiger partial charge in [-0.1, -0.05) is 24.3 Å². The van der Waals surface area contributed by atoms with Crippen molar-refractivity contribution in [1.82, 2.24) is 10.2 Å². The Kier molecular flexibility index (Phi) is 10.1. The molecule has 4 rings (SSSR count). The number of carboxylic acids is 2. The summed E-state index contributed by atoms with van der Waals surface area (Å²) in [5.41, 5.74) is 3.94. The maximum atomic E-state index is 11.3. The van der Waals surface area contributed by atoms with E-state index in [2.05, 4.69) is 58.4 Å². The van der Waals surface area contributed by atoms with Gasteiger partial charge in [0.1, 0.15) is 0 Å². The highest BCUT2D eigenvalue weighted by Crippen LogP contribution is 2.52. The Morgan fingerprint density at radius 2 is 1.54 bits per heavy atom. The molecule has 14 heteroatoms. The Labute approximate surface area is 212 Å². The van der Waals surface area contributed by atoms with Crippen LogP contribution in [-0.4, -0.2) is 70.8 Å². The summed E-state index contributed by atoms with van der Waals surface area (Å²) in [5.74, 6) is -5.51. The van der Waals surface area contributed by atoms with Gasteiger partial charge in [0.05, 0.1) is 12.1 Å². The molecule has 4 N–H and O–H groups in total. The fourth-order valence-electron chi connectivity index (χ4n) is 4.53. The van der Waals surface area contributed by atoms with Crippen molar-refractivity contribution >= 4 is 23.3 Å². The van der Waals surface area contributed by atoms with Crippen molar-refractivity contribution in [3.05, 3.63) is 57.8 Å². The second-order valence-corrected chi connectivity index (χ2v) is 9.32. The van der Waals surface area contributed by atoms with Gasteiger partial charge in [-0.2, -0.15) is 37.7 Å². The lowest BCUT2D eigenvalue weighted by atomic mass is 9.72. The van der Waals surface area contributed by atoms with Crippen LogP contribution in [0.3, 0.4) is 0 Å². The predicted molar refractivity (Wildman–Crippen MR) is 122 cm³/mol. The zero-order valence-electron chi connectivity index (χ0n) is 19.5. The third-order valence-electron chi connectivity index (χ3n) is 6.15. The molecule has 0 saturated carbocycles. The molecule has 7 nitrogen and oxygen atoms in total. The lowest BCUT2D eigenvalue weighted by Crippen LogP contribution is -2.48. The van der Waals surface area contributed by atoms with Crippen LogP contribution < -0.4 is 5.32 Å². The molecule has 0 bridgehead atoms. The minimum atomic E-state index is -5.08. The van der Waals surface area contributed by atoms with E-state index in [0.717, 1.165) is 32.5 Å². The van der Waals surface area contributed by atoms with Crippen LogP contribution in [0.1, 0.15) is 35.6 Å². The van der Waals surface area contributed by atoms with Gasteiger partial charge in [-0.25, -0.2) is 9.59 Å². The van der Waals surface area contributed by atoms with E-state index in [1.807, 2.05) is 0 Å². The molecule has 0 amide bonds. The number of thiophene rings is 1. The second-order valence-electron chi connectivity index (χ2n) is 8.54. The van der Waals surface area contributed by atoms with Crippen molar-refractivity contribution in [2.75, 3.05) is 20.1 Å². The lowest BCUT2D eigenvalue weighted by Gasteiger charge is -2.40. The molecular weight excluding hydrogens is 530 g/mol. The van der Waals surface area contributed by atoms with Crippen LogP contribution in [0.25, 0.3) is 0 Å². The SMILES string of the molecule is CN(Cc1ccsc1)[C@@H]1c2ccccc2C2(CCNCC2)[C@H]1O.O=C(O)C(F)(F)F.O=C(O)C(F)(F)F. The van der Waals surface area contributed by atoms with Gasteiger partial charge < -0.3 is 20.6 Å². The number of nitrogens with zero attached hydrogens (tertiary/aromatic N) is 1. The maximum absolute atomic E-state index is 11.3. The lowest BCUT2D eigenvalue weighted by molar-refractivity contribution is -0.193. The molecule has 1 fully saturated rings. The Bertz CT molecular complexity index is 1010. The first-order valence-corrected chi connectivity index (χ1v) is 11.8. The van der Waals surface area contributed by atoms with Crippen LogP contribution in [-0.2, 0) is 21.5 Å². The number of carboxylic acid groups (broad SMARTS) is 2. The highest BCUT2D eigenvalue weighted by molar-refractivity contribution is 7.07. The third-order valence-corrected chi connectivity index (χ3v) is 6.88. The van der Waals surface area contributed by atoms with Crippen molar-refractivity contribution in [2.24, 2.45) is 0 Å². The molecular formula is C23H26F6N2O5S. The van der Waals surface area contributed by atoms with Gasteiger partial charge in [0, 0.05) is 12.0 Å². The van der Waals surface area contributed by atoms with Crippen molar-refractivity contribution in [3.8, 4) is 0 Å². The maximum Gasteiger partial charge on any atom is 0.490 e. The number of halogens is 6. The molecule has 1 aliphatic heterocycles. The molecule has 1 saturated heterocycles. The summed E-state index contributed by atoms with van der Waals surface area (Å²) >= 11 is 1.73. The van der Waals surface area contributed by atoms with E-state index in [4.69, 9.17) is 19.8 Å². The van der Waals surface area contributed by atoms with Gasteiger partial charge in [0.15, 0.2) is 0 Å². The molecule has 0 radical (unpaired) electrons. The fourth-order valence-corrected chi connectivity index (χ4v) is 5.19. The van der Waals surface area contributed by atoms with E-state index in [9.17, 15) is 31.4 Å². The van der Waals surface area contributed by atoms with E-state index >= 15 is 0 Å².